The van der Waals surface area contributed by atoms with E-state index in [1.54, 1.807) is 30.3 Å². The number of carbonyl (C=O) groups excluding carboxylic acids is 1. The number of rotatable bonds is 6. The van der Waals surface area contributed by atoms with Crippen molar-refractivity contribution in [1.82, 2.24) is 15.0 Å². The number of fused-ring (bicyclic) bond motifs is 1. The first-order valence-electron chi connectivity index (χ1n) is 10.8. The summed E-state index contributed by atoms with van der Waals surface area (Å²) in [6.45, 7) is 1.87. The van der Waals surface area contributed by atoms with Crippen molar-refractivity contribution in [3.8, 4) is 11.3 Å². The summed E-state index contributed by atoms with van der Waals surface area (Å²) >= 11 is 0. The Hall–Kier alpha value is -4.54. The van der Waals surface area contributed by atoms with Gasteiger partial charge in [0.25, 0.3) is 11.8 Å². The second-order valence-corrected chi connectivity index (χ2v) is 8.21. The molecular formula is C25H18F4N6O. The van der Waals surface area contributed by atoms with Crippen LogP contribution in [0.15, 0.2) is 73.5 Å². The lowest BCUT2D eigenvalue weighted by molar-refractivity contribution is -0.114. The highest BCUT2D eigenvalue weighted by molar-refractivity contribution is 6.07. The monoisotopic (exact) mass is 494 g/mol. The van der Waals surface area contributed by atoms with E-state index in [2.05, 4.69) is 32.2 Å². The third-order valence-electron chi connectivity index (χ3n) is 5.60. The number of aromatic nitrogens is 3. The number of anilines is 4. The fourth-order valence-electron chi connectivity index (χ4n) is 3.89. The number of nitrogens with zero attached hydrogens (tertiary/aromatic N) is 4. The summed E-state index contributed by atoms with van der Waals surface area (Å²) in [5, 5.41) is 5.92. The van der Waals surface area contributed by atoms with E-state index in [1.807, 2.05) is 0 Å². The molecule has 1 fully saturated rings. The van der Waals surface area contributed by atoms with E-state index < -0.39 is 36.6 Å². The normalized spacial score (nSPS) is 14.3. The van der Waals surface area contributed by atoms with Crippen LogP contribution in [0.5, 0.6) is 0 Å². The summed E-state index contributed by atoms with van der Waals surface area (Å²) in [4.78, 5) is 26.1. The first-order chi connectivity index (χ1) is 17.2. The van der Waals surface area contributed by atoms with Crippen LogP contribution in [0.1, 0.15) is 0 Å². The molecule has 4 aromatic rings. The van der Waals surface area contributed by atoms with Gasteiger partial charge in [0.1, 0.15) is 18.0 Å². The number of hydrogen-bond donors (Lipinski definition) is 2. The maximum Gasteiger partial charge on any atom is 0.283 e. The Morgan fingerprint density at radius 1 is 1.06 bits per heavy atom. The summed E-state index contributed by atoms with van der Waals surface area (Å²) in [7, 11) is 0. The van der Waals surface area contributed by atoms with E-state index in [0.717, 1.165) is 0 Å². The van der Waals surface area contributed by atoms with Gasteiger partial charge in [-0.25, -0.2) is 27.5 Å². The van der Waals surface area contributed by atoms with E-state index in [-0.39, 0.29) is 11.4 Å². The molecule has 0 atom stereocenters. The Morgan fingerprint density at radius 2 is 1.83 bits per heavy atom. The van der Waals surface area contributed by atoms with Gasteiger partial charge in [0.05, 0.1) is 35.7 Å². The number of hydrogen-bond acceptors (Lipinski definition) is 6. The lowest BCUT2D eigenvalue weighted by Crippen LogP contribution is -2.56. The van der Waals surface area contributed by atoms with Crippen LogP contribution in [-0.4, -0.2) is 39.9 Å². The van der Waals surface area contributed by atoms with E-state index in [4.69, 9.17) is 0 Å². The van der Waals surface area contributed by atoms with Crippen LogP contribution in [0.4, 0.5) is 40.4 Å². The molecule has 2 aromatic carbocycles. The van der Waals surface area contributed by atoms with Crippen LogP contribution in [0.3, 0.4) is 0 Å². The maximum absolute atomic E-state index is 14.2. The zero-order valence-electron chi connectivity index (χ0n) is 18.6. The largest absolute Gasteiger partial charge is 0.358 e. The lowest BCUT2D eigenvalue weighted by atomic mass is 10.1. The first-order valence-corrected chi connectivity index (χ1v) is 10.8. The van der Waals surface area contributed by atoms with Crippen LogP contribution in [0, 0.1) is 5.82 Å². The number of carbonyl (C=O) groups is 1. The third kappa shape index (κ3) is 4.54. The molecule has 11 heteroatoms. The molecule has 0 saturated carbocycles. The molecule has 2 aromatic heterocycles. The molecule has 0 bridgehead atoms. The van der Waals surface area contributed by atoms with Crippen LogP contribution in [0.25, 0.3) is 22.2 Å². The predicted octanol–water partition coefficient (Wildman–Crippen LogP) is 5.45. The standard InChI is InChI=1S/C25H18F4N6O/c1-14(26)24(36)34-21-9-17-20(10-22(21)35-11-25(28,29)12-35)31-13-32-23(17)33-15-6-7-30-19(8-15)16-4-2-3-5-18(16)27/h2-10,13H,1,11-12H2,(H,34,36)(H,30,31,32,33). The van der Waals surface area contributed by atoms with Gasteiger partial charge in [-0.2, -0.15) is 0 Å². The lowest BCUT2D eigenvalue weighted by Gasteiger charge is -2.41. The number of alkyl halides is 2. The van der Waals surface area contributed by atoms with Crippen LogP contribution in [0.2, 0.25) is 0 Å². The molecule has 1 aliphatic rings. The average molecular weight is 494 g/mol. The molecule has 5 rings (SSSR count). The molecule has 1 amide bonds. The number of nitrogens with one attached hydrogen (secondary N) is 2. The Balaban J connectivity index is 1.54. The van der Waals surface area contributed by atoms with Gasteiger partial charge in [0.2, 0.25) is 0 Å². The number of pyridine rings is 1. The zero-order chi connectivity index (χ0) is 25.4. The summed E-state index contributed by atoms with van der Waals surface area (Å²) in [5.41, 5.74) is 2.02. The van der Waals surface area contributed by atoms with Crippen LogP contribution in [-0.2, 0) is 4.79 Å². The molecule has 0 spiro atoms. The van der Waals surface area contributed by atoms with Crippen molar-refractivity contribution >= 4 is 39.7 Å². The highest BCUT2D eigenvalue weighted by Crippen LogP contribution is 2.39. The van der Waals surface area contributed by atoms with Gasteiger partial charge < -0.3 is 15.5 Å². The molecule has 1 aliphatic heterocycles. The van der Waals surface area contributed by atoms with Crippen LogP contribution >= 0.6 is 0 Å². The first kappa shape index (κ1) is 23.2. The minimum Gasteiger partial charge on any atom is -0.358 e. The van der Waals surface area contributed by atoms with Crippen LogP contribution < -0.4 is 15.5 Å². The highest BCUT2D eigenvalue weighted by Gasteiger charge is 2.44. The average Bonchev–Trinajstić information content (AvgIpc) is 2.83. The summed E-state index contributed by atoms with van der Waals surface area (Å²) in [5.74, 6) is -5.29. The van der Waals surface area contributed by atoms with Crippen molar-refractivity contribution in [2.24, 2.45) is 0 Å². The molecule has 2 N–H and O–H groups in total. The fraction of sp³-hybridized carbons (Fsp3) is 0.120. The Morgan fingerprint density at radius 3 is 2.56 bits per heavy atom. The molecule has 182 valence electrons. The van der Waals surface area contributed by atoms with Gasteiger partial charge in [-0.3, -0.25) is 9.78 Å². The minimum absolute atomic E-state index is 0.0985. The Bertz CT molecular complexity index is 1500. The van der Waals surface area contributed by atoms with Gasteiger partial charge in [-0.15, -0.1) is 0 Å². The number of benzene rings is 2. The topological polar surface area (TPSA) is 83.0 Å². The van der Waals surface area contributed by atoms with Crippen molar-refractivity contribution in [2.75, 3.05) is 28.6 Å². The Kier molecular flexibility index (Phi) is 5.75. The van der Waals surface area contributed by atoms with Crippen molar-refractivity contribution in [3.63, 3.8) is 0 Å². The summed E-state index contributed by atoms with van der Waals surface area (Å²) in [6.07, 6.45) is 2.80. The summed E-state index contributed by atoms with van der Waals surface area (Å²) < 4.78 is 54.7. The van der Waals surface area contributed by atoms with Gasteiger partial charge >= 0.3 is 0 Å². The molecule has 0 unspecified atom stereocenters. The molecule has 7 nitrogen and oxygen atoms in total. The van der Waals surface area contributed by atoms with Crippen molar-refractivity contribution in [3.05, 3.63) is 79.3 Å². The number of halogens is 4. The minimum atomic E-state index is -2.87. The number of amides is 1. The molecule has 3 heterocycles. The second kappa shape index (κ2) is 8.91. The van der Waals surface area contributed by atoms with Gasteiger partial charge in [-0.1, -0.05) is 18.7 Å². The second-order valence-electron chi connectivity index (χ2n) is 8.21. The molecule has 0 radical (unpaired) electrons. The van der Waals surface area contributed by atoms with Gasteiger partial charge in [-0.05, 0) is 36.4 Å². The summed E-state index contributed by atoms with van der Waals surface area (Å²) in [6, 6.07) is 12.5. The van der Waals surface area contributed by atoms with Crippen molar-refractivity contribution in [1.29, 1.82) is 0 Å². The van der Waals surface area contributed by atoms with Crippen molar-refractivity contribution in [2.45, 2.75) is 5.92 Å². The predicted molar refractivity (Wildman–Crippen MR) is 128 cm³/mol. The molecular weight excluding hydrogens is 476 g/mol. The maximum atomic E-state index is 14.2. The molecule has 0 aliphatic carbocycles. The van der Waals surface area contributed by atoms with Crippen molar-refractivity contribution < 1.29 is 22.4 Å². The van der Waals surface area contributed by atoms with Gasteiger partial charge in [0, 0.05) is 22.8 Å². The molecule has 36 heavy (non-hydrogen) atoms. The van der Waals surface area contributed by atoms with E-state index in [9.17, 15) is 22.4 Å². The third-order valence-corrected chi connectivity index (χ3v) is 5.60. The molecule has 1 saturated heterocycles. The van der Waals surface area contributed by atoms with E-state index in [0.29, 0.717) is 33.7 Å². The highest BCUT2D eigenvalue weighted by atomic mass is 19.3. The fourth-order valence-corrected chi connectivity index (χ4v) is 3.89. The van der Waals surface area contributed by atoms with Gasteiger partial charge in [0.15, 0.2) is 5.83 Å². The smallest absolute Gasteiger partial charge is 0.283 e. The SMILES string of the molecule is C=C(F)C(=O)Nc1cc2c(Nc3ccnc(-c4ccccc4F)c3)ncnc2cc1N1CC(F)(F)C1. The zero-order valence-corrected chi connectivity index (χ0v) is 18.6. The van der Waals surface area contributed by atoms with E-state index in [1.165, 1.54) is 35.6 Å². The Labute approximate surface area is 202 Å². The quantitative estimate of drug-likeness (QED) is 0.274. The van der Waals surface area contributed by atoms with E-state index >= 15 is 0 Å².